The molecule has 0 bridgehead atoms. The Morgan fingerprint density at radius 1 is 1.06 bits per heavy atom. The van der Waals surface area contributed by atoms with Gasteiger partial charge in [0.15, 0.2) is 0 Å². The van der Waals surface area contributed by atoms with Gasteiger partial charge in [0.2, 0.25) is 0 Å². The maximum atomic E-state index is 4.59. The minimum absolute atomic E-state index is 0.842. The highest BCUT2D eigenvalue weighted by molar-refractivity contribution is 9.10. The van der Waals surface area contributed by atoms with E-state index < -0.39 is 0 Å². The Morgan fingerprint density at radius 2 is 1.94 bits per heavy atom. The van der Waals surface area contributed by atoms with Crippen LogP contribution in [0.25, 0.3) is 20.8 Å². The van der Waals surface area contributed by atoms with Gasteiger partial charge in [0, 0.05) is 11.8 Å². The van der Waals surface area contributed by atoms with Gasteiger partial charge in [-0.3, -0.25) is 0 Å². The van der Waals surface area contributed by atoms with Crippen molar-refractivity contribution in [1.29, 1.82) is 0 Å². The fourth-order valence-corrected chi connectivity index (χ4v) is 3.09. The zero-order valence-corrected chi connectivity index (χ0v) is 10.6. The summed E-state index contributed by atoms with van der Waals surface area (Å²) in [5.74, 6) is 0. The van der Waals surface area contributed by atoms with Gasteiger partial charge in [-0.15, -0.1) is 11.3 Å². The van der Waals surface area contributed by atoms with Gasteiger partial charge in [-0.05, 0) is 40.2 Å². The van der Waals surface area contributed by atoms with E-state index in [-0.39, 0.29) is 0 Å². The number of rotatable bonds is 1. The van der Waals surface area contributed by atoms with Crippen LogP contribution in [0.2, 0.25) is 0 Å². The third-order valence-corrected chi connectivity index (χ3v) is 3.98. The van der Waals surface area contributed by atoms with E-state index in [1.54, 1.807) is 17.5 Å². The Bertz CT molecular complexity index is 615. The zero-order valence-electron chi connectivity index (χ0n) is 8.22. The normalized spacial score (nSPS) is 10.8. The molecule has 4 heteroatoms. The summed E-state index contributed by atoms with van der Waals surface area (Å²) < 4.78 is 2.04. The Kier molecular flexibility index (Phi) is 2.46. The third kappa shape index (κ3) is 1.64. The van der Waals surface area contributed by atoms with Gasteiger partial charge >= 0.3 is 0 Å². The van der Waals surface area contributed by atoms with Crippen LogP contribution in [-0.2, 0) is 0 Å². The molecule has 0 spiro atoms. The smallest absolute Gasteiger partial charge is 0.127 e. The second kappa shape index (κ2) is 3.96. The van der Waals surface area contributed by atoms with E-state index in [1.807, 2.05) is 30.3 Å². The van der Waals surface area contributed by atoms with Gasteiger partial charge in [-0.2, -0.15) is 0 Å². The molecule has 0 amide bonds. The number of fused-ring (bicyclic) bond motifs is 1. The van der Waals surface area contributed by atoms with Crippen molar-refractivity contribution in [2.45, 2.75) is 0 Å². The van der Waals surface area contributed by atoms with E-state index in [9.17, 15) is 0 Å². The molecule has 3 rings (SSSR count). The Morgan fingerprint density at radius 3 is 2.75 bits per heavy atom. The van der Waals surface area contributed by atoms with Crippen LogP contribution in [0.4, 0.5) is 0 Å². The summed E-state index contributed by atoms with van der Waals surface area (Å²) in [6.45, 7) is 0. The summed E-state index contributed by atoms with van der Waals surface area (Å²) in [7, 11) is 0. The Labute approximate surface area is 105 Å². The first-order chi connectivity index (χ1) is 7.84. The summed E-state index contributed by atoms with van der Waals surface area (Å²) in [6.07, 6.45) is 1.76. The van der Waals surface area contributed by atoms with Crippen LogP contribution < -0.4 is 0 Å². The number of nitrogens with zero attached hydrogens (tertiary/aromatic N) is 2. The van der Waals surface area contributed by atoms with Gasteiger partial charge in [-0.1, -0.05) is 12.1 Å². The predicted molar refractivity (Wildman–Crippen MR) is 70.6 cm³/mol. The van der Waals surface area contributed by atoms with Gasteiger partial charge in [0.05, 0.1) is 10.2 Å². The summed E-state index contributed by atoms with van der Waals surface area (Å²) in [5.41, 5.74) is 2.09. The fraction of sp³-hybridized carbons (Fsp3) is 0. The highest BCUT2D eigenvalue weighted by atomic mass is 79.9. The summed E-state index contributed by atoms with van der Waals surface area (Å²) in [4.78, 5) is 8.80. The number of thiazole rings is 1. The molecule has 0 aliphatic rings. The third-order valence-electron chi connectivity index (χ3n) is 2.28. The minimum atomic E-state index is 0.842. The van der Waals surface area contributed by atoms with Crippen LogP contribution in [0.1, 0.15) is 0 Å². The topological polar surface area (TPSA) is 25.8 Å². The van der Waals surface area contributed by atoms with Crippen molar-refractivity contribution in [3.8, 4) is 10.6 Å². The first-order valence-corrected chi connectivity index (χ1v) is 6.42. The molecule has 2 heterocycles. The first-order valence-electron chi connectivity index (χ1n) is 4.81. The monoisotopic (exact) mass is 290 g/mol. The zero-order chi connectivity index (χ0) is 11.0. The molecule has 0 saturated heterocycles. The lowest BCUT2D eigenvalue weighted by molar-refractivity contribution is 1.27. The van der Waals surface area contributed by atoms with Gasteiger partial charge in [-0.25, -0.2) is 9.97 Å². The molecule has 1 aromatic carbocycles. The minimum Gasteiger partial charge on any atom is -0.249 e. The number of para-hydroxylation sites is 1. The van der Waals surface area contributed by atoms with Crippen LogP contribution in [0.3, 0.4) is 0 Å². The molecule has 0 unspecified atom stereocenters. The van der Waals surface area contributed by atoms with Gasteiger partial charge in [0.1, 0.15) is 9.61 Å². The van der Waals surface area contributed by atoms with Crippen molar-refractivity contribution in [2.75, 3.05) is 0 Å². The molecule has 0 atom stereocenters. The van der Waals surface area contributed by atoms with E-state index in [1.165, 1.54) is 4.70 Å². The Balaban J connectivity index is 2.23. The molecule has 0 radical (unpaired) electrons. The Hall–Kier alpha value is -1.26. The highest BCUT2D eigenvalue weighted by Gasteiger charge is 2.08. The van der Waals surface area contributed by atoms with E-state index in [2.05, 4.69) is 32.0 Å². The second-order valence-electron chi connectivity index (χ2n) is 3.33. The van der Waals surface area contributed by atoms with Crippen molar-refractivity contribution >= 4 is 37.5 Å². The lowest BCUT2D eigenvalue weighted by Crippen LogP contribution is -1.80. The van der Waals surface area contributed by atoms with Gasteiger partial charge < -0.3 is 0 Å². The van der Waals surface area contributed by atoms with E-state index in [0.29, 0.717) is 0 Å². The molecule has 3 aromatic rings. The molecular weight excluding hydrogens is 284 g/mol. The molecule has 78 valence electrons. The SMILES string of the molecule is Brc1ncccc1-c1nc2ccccc2s1. The summed E-state index contributed by atoms with van der Waals surface area (Å²) in [5, 5.41) is 1.00. The summed E-state index contributed by atoms with van der Waals surface area (Å²) >= 11 is 5.13. The van der Waals surface area contributed by atoms with Crippen molar-refractivity contribution in [1.82, 2.24) is 9.97 Å². The average Bonchev–Trinajstić information content (AvgIpc) is 2.73. The van der Waals surface area contributed by atoms with Crippen molar-refractivity contribution < 1.29 is 0 Å². The molecule has 0 aliphatic heterocycles. The molecule has 2 aromatic heterocycles. The molecule has 0 aliphatic carbocycles. The number of benzene rings is 1. The molecule has 0 saturated carbocycles. The number of hydrogen-bond acceptors (Lipinski definition) is 3. The fourth-order valence-electron chi connectivity index (χ4n) is 1.53. The van der Waals surface area contributed by atoms with Crippen molar-refractivity contribution in [3.63, 3.8) is 0 Å². The van der Waals surface area contributed by atoms with Crippen LogP contribution in [-0.4, -0.2) is 9.97 Å². The lowest BCUT2D eigenvalue weighted by Gasteiger charge is -1.96. The van der Waals surface area contributed by atoms with Crippen LogP contribution in [0.5, 0.6) is 0 Å². The van der Waals surface area contributed by atoms with E-state index >= 15 is 0 Å². The molecule has 2 nitrogen and oxygen atoms in total. The average molecular weight is 291 g/mol. The lowest BCUT2D eigenvalue weighted by atomic mass is 10.3. The highest BCUT2D eigenvalue weighted by Crippen LogP contribution is 2.32. The van der Waals surface area contributed by atoms with Crippen LogP contribution in [0.15, 0.2) is 47.2 Å². The van der Waals surface area contributed by atoms with Gasteiger partial charge in [0.25, 0.3) is 0 Å². The first kappa shape index (κ1) is 9.93. The largest absolute Gasteiger partial charge is 0.249 e. The molecule has 16 heavy (non-hydrogen) atoms. The number of aromatic nitrogens is 2. The van der Waals surface area contributed by atoms with Crippen LogP contribution in [0, 0.1) is 0 Å². The van der Waals surface area contributed by atoms with E-state index in [4.69, 9.17) is 0 Å². The summed E-state index contributed by atoms with van der Waals surface area (Å²) in [6, 6.07) is 12.1. The number of pyridine rings is 1. The molecule has 0 fully saturated rings. The van der Waals surface area contributed by atoms with Crippen LogP contribution >= 0.6 is 27.3 Å². The van der Waals surface area contributed by atoms with Crippen molar-refractivity contribution in [3.05, 3.63) is 47.2 Å². The second-order valence-corrected chi connectivity index (χ2v) is 5.11. The molecule has 0 N–H and O–H groups in total. The number of hydrogen-bond donors (Lipinski definition) is 0. The standard InChI is InChI=1S/C12H7BrN2S/c13-11-8(4-3-7-14-11)12-15-9-5-1-2-6-10(9)16-12/h1-7H. The number of halogens is 1. The predicted octanol–water partition coefficient (Wildman–Crippen LogP) is 4.12. The maximum Gasteiger partial charge on any atom is 0.127 e. The van der Waals surface area contributed by atoms with Crippen molar-refractivity contribution in [2.24, 2.45) is 0 Å². The van der Waals surface area contributed by atoms with E-state index in [0.717, 1.165) is 20.7 Å². The maximum absolute atomic E-state index is 4.59. The quantitative estimate of drug-likeness (QED) is 0.630. The molecular formula is C12H7BrN2S.